The highest BCUT2D eigenvalue weighted by atomic mass is 16.6. The van der Waals surface area contributed by atoms with Gasteiger partial charge in [-0.1, -0.05) is 13.0 Å². The summed E-state index contributed by atoms with van der Waals surface area (Å²) in [4.78, 5) is 35.9. The van der Waals surface area contributed by atoms with Crippen molar-refractivity contribution in [3.05, 3.63) is 33.4 Å². The minimum Gasteiger partial charge on any atom is -0.355 e. The van der Waals surface area contributed by atoms with Crippen LogP contribution in [0.3, 0.4) is 0 Å². The van der Waals surface area contributed by atoms with Crippen LogP contribution in [0.4, 0.5) is 11.4 Å². The number of nitrogens with zero attached hydrogens (tertiary/aromatic N) is 2. The minimum absolute atomic E-state index is 0.0376. The number of nitrogens with one attached hydrogen (secondary N) is 2. The molecular formula is C16H24N4O4. The van der Waals surface area contributed by atoms with E-state index >= 15 is 0 Å². The molecule has 0 unspecified atom stereocenters. The Balaban J connectivity index is 2.73. The molecule has 0 saturated heterocycles. The van der Waals surface area contributed by atoms with Gasteiger partial charge in [-0.15, -0.1) is 0 Å². The summed E-state index contributed by atoms with van der Waals surface area (Å²) in [6, 6.07) is 3.02. The van der Waals surface area contributed by atoms with Crippen LogP contribution in [0.25, 0.3) is 0 Å². The van der Waals surface area contributed by atoms with Crippen LogP contribution < -0.4 is 10.6 Å². The van der Waals surface area contributed by atoms with E-state index in [0.717, 1.165) is 12.0 Å². The molecule has 0 aromatic heterocycles. The molecule has 0 fully saturated rings. The lowest BCUT2D eigenvalue weighted by Gasteiger charge is -2.17. The summed E-state index contributed by atoms with van der Waals surface area (Å²) in [5.74, 6) is -0.567. The molecule has 0 heterocycles. The Hall–Kier alpha value is -2.48. The predicted octanol–water partition coefficient (Wildman–Crippen LogP) is 1.61. The third-order valence-electron chi connectivity index (χ3n) is 3.57. The Bertz CT molecular complexity index is 631. The Kier molecular flexibility index (Phi) is 7.31. The fraction of sp³-hybridized carbons (Fsp3) is 0.500. The van der Waals surface area contributed by atoms with E-state index in [4.69, 9.17) is 0 Å². The highest BCUT2D eigenvalue weighted by Gasteiger charge is 2.20. The zero-order valence-corrected chi connectivity index (χ0v) is 14.5. The molecule has 0 saturated carbocycles. The van der Waals surface area contributed by atoms with Crippen molar-refractivity contribution in [3.8, 4) is 0 Å². The number of anilines is 1. The molecule has 24 heavy (non-hydrogen) atoms. The first-order valence-electron chi connectivity index (χ1n) is 7.76. The standard InChI is InChI=1S/C16H24N4O4/c1-5-8-17-14(21)9-19(4)10-15(22)18-16-12(3)11(2)6-7-13(16)20(23)24/h6-7H,5,8-10H2,1-4H3,(H,17,21)(H,18,22). The molecule has 8 heteroatoms. The number of benzene rings is 1. The SMILES string of the molecule is CCCNC(=O)CN(C)CC(=O)Nc1c([N+](=O)[O-])ccc(C)c1C. The molecule has 0 aliphatic heterocycles. The molecule has 2 amide bonds. The quantitative estimate of drug-likeness (QED) is 0.554. The van der Waals surface area contributed by atoms with Crippen molar-refractivity contribution in [2.24, 2.45) is 0 Å². The van der Waals surface area contributed by atoms with Gasteiger partial charge in [0, 0.05) is 12.6 Å². The lowest BCUT2D eigenvalue weighted by atomic mass is 10.1. The first-order chi connectivity index (χ1) is 11.3. The zero-order valence-electron chi connectivity index (χ0n) is 14.5. The van der Waals surface area contributed by atoms with Gasteiger partial charge in [0.15, 0.2) is 0 Å². The van der Waals surface area contributed by atoms with Crippen LogP contribution in [0.15, 0.2) is 12.1 Å². The van der Waals surface area contributed by atoms with Crippen molar-refractivity contribution in [2.45, 2.75) is 27.2 Å². The van der Waals surface area contributed by atoms with E-state index in [9.17, 15) is 19.7 Å². The number of hydrogen-bond donors (Lipinski definition) is 2. The fourth-order valence-electron chi connectivity index (χ4n) is 2.16. The van der Waals surface area contributed by atoms with Gasteiger partial charge in [0.2, 0.25) is 11.8 Å². The third kappa shape index (κ3) is 5.62. The summed E-state index contributed by atoms with van der Waals surface area (Å²) >= 11 is 0. The first kappa shape index (κ1) is 19.6. The van der Waals surface area contributed by atoms with Gasteiger partial charge in [-0.2, -0.15) is 0 Å². The predicted molar refractivity (Wildman–Crippen MR) is 92.0 cm³/mol. The molecule has 0 aliphatic carbocycles. The Morgan fingerprint density at radius 3 is 2.42 bits per heavy atom. The number of carbonyl (C=O) groups is 2. The van der Waals surface area contributed by atoms with Crippen molar-refractivity contribution in [1.82, 2.24) is 10.2 Å². The number of nitro benzene ring substituents is 1. The summed E-state index contributed by atoms with van der Waals surface area (Å²) in [5.41, 5.74) is 1.56. The smallest absolute Gasteiger partial charge is 0.293 e. The van der Waals surface area contributed by atoms with Crippen molar-refractivity contribution >= 4 is 23.2 Å². The molecule has 0 bridgehead atoms. The maximum atomic E-state index is 12.1. The number of amides is 2. The summed E-state index contributed by atoms with van der Waals surface area (Å²) in [7, 11) is 1.64. The molecule has 8 nitrogen and oxygen atoms in total. The highest BCUT2D eigenvalue weighted by molar-refractivity contribution is 5.95. The Labute approximate surface area is 141 Å². The molecule has 0 atom stereocenters. The molecule has 0 radical (unpaired) electrons. The monoisotopic (exact) mass is 336 g/mol. The van der Waals surface area contributed by atoms with E-state index in [1.54, 1.807) is 24.9 Å². The topological polar surface area (TPSA) is 105 Å². The molecule has 0 spiro atoms. The molecule has 0 aliphatic rings. The van der Waals surface area contributed by atoms with Gasteiger partial charge in [0.05, 0.1) is 18.0 Å². The minimum atomic E-state index is -0.524. The first-order valence-corrected chi connectivity index (χ1v) is 7.76. The van der Waals surface area contributed by atoms with Crippen molar-refractivity contribution in [2.75, 3.05) is 32.0 Å². The number of carbonyl (C=O) groups excluding carboxylic acids is 2. The van der Waals surface area contributed by atoms with Gasteiger partial charge in [0.25, 0.3) is 5.69 Å². The number of likely N-dealkylation sites (N-methyl/N-ethyl adjacent to an activating group) is 1. The van der Waals surface area contributed by atoms with Crippen LogP contribution >= 0.6 is 0 Å². The zero-order chi connectivity index (χ0) is 18.3. The summed E-state index contributed by atoms with van der Waals surface area (Å²) in [5, 5.41) is 16.4. The average Bonchev–Trinajstić information content (AvgIpc) is 2.49. The normalized spacial score (nSPS) is 10.5. The fourth-order valence-corrected chi connectivity index (χ4v) is 2.16. The molecule has 132 valence electrons. The second kappa shape index (κ2) is 8.97. The molecule has 2 N–H and O–H groups in total. The third-order valence-corrected chi connectivity index (χ3v) is 3.57. The van der Waals surface area contributed by atoms with Crippen LogP contribution in [-0.2, 0) is 9.59 Å². The summed E-state index contributed by atoms with van der Waals surface area (Å²) < 4.78 is 0. The van der Waals surface area contributed by atoms with E-state index in [-0.39, 0.29) is 30.4 Å². The molecular weight excluding hydrogens is 312 g/mol. The number of aryl methyl sites for hydroxylation is 1. The maximum Gasteiger partial charge on any atom is 0.293 e. The second-order valence-corrected chi connectivity index (χ2v) is 5.73. The van der Waals surface area contributed by atoms with E-state index in [2.05, 4.69) is 10.6 Å². The van der Waals surface area contributed by atoms with Crippen LogP contribution in [0, 0.1) is 24.0 Å². The van der Waals surface area contributed by atoms with E-state index < -0.39 is 10.8 Å². The maximum absolute atomic E-state index is 12.1. The summed E-state index contributed by atoms with van der Waals surface area (Å²) in [6.07, 6.45) is 0.840. The number of rotatable bonds is 8. The molecule has 1 aromatic rings. The van der Waals surface area contributed by atoms with Gasteiger partial charge in [-0.3, -0.25) is 24.6 Å². The van der Waals surface area contributed by atoms with E-state index in [0.29, 0.717) is 12.1 Å². The lowest BCUT2D eigenvalue weighted by Crippen LogP contribution is -2.39. The largest absolute Gasteiger partial charge is 0.355 e. The molecule has 1 aromatic carbocycles. The van der Waals surface area contributed by atoms with E-state index in [1.807, 2.05) is 13.8 Å². The lowest BCUT2D eigenvalue weighted by molar-refractivity contribution is -0.384. The van der Waals surface area contributed by atoms with Gasteiger partial charge < -0.3 is 10.6 Å². The van der Waals surface area contributed by atoms with Gasteiger partial charge >= 0.3 is 0 Å². The van der Waals surface area contributed by atoms with Gasteiger partial charge in [-0.25, -0.2) is 0 Å². The summed E-state index contributed by atoms with van der Waals surface area (Å²) in [6.45, 7) is 6.13. The van der Waals surface area contributed by atoms with Crippen molar-refractivity contribution in [1.29, 1.82) is 0 Å². The second-order valence-electron chi connectivity index (χ2n) is 5.73. The number of hydrogen-bond acceptors (Lipinski definition) is 5. The van der Waals surface area contributed by atoms with Crippen LogP contribution in [0.2, 0.25) is 0 Å². The van der Waals surface area contributed by atoms with Crippen molar-refractivity contribution in [3.63, 3.8) is 0 Å². The van der Waals surface area contributed by atoms with Gasteiger partial charge in [0.1, 0.15) is 5.69 Å². The van der Waals surface area contributed by atoms with Crippen LogP contribution in [0.1, 0.15) is 24.5 Å². The van der Waals surface area contributed by atoms with E-state index in [1.165, 1.54) is 6.07 Å². The Morgan fingerprint density at radius 1 is 1.21 bits per heavy atom. The van der Waals surface area contributed by atoms with Gasteiger partial charge in [-0.05, 0) is 38.4 Å². The Morgan fingerprint density at radius 2 is 1.83 bits per heavy atom. The average molecular weight is 336 g/mol. The molecule has 1 rings (SSSR count). The highest BCUT2D eigenvalue weighted by Crippen LogP contribution is 2.30. The van der Waals surface area contributed by atoms with Crippen molar-refractivity contribution < 1.29 is 14.5 Å². The van der Waals surface area contributed by atoms with Crippen LogP contribution in [-0.4, -0.2) is 48.3 Å². The number of nitro groups is 1. The van der Waals surface area contributed by atoms with Crippen LogP contribution in [0.5, 0.6) is 0 Å².